The molecule has 0 aromatic heterocycles. The van der Waals surface area contributed by atoms with Crippen LogP contribution in [0.1, 0.15) is 44.9 Å². The molecule has 4 rings (SSSR count). The van der Waals surface area contributed by atoms with Crippen molar-refractivity contribution in [3.05, 3.63) is 0 Å². The SMILES string of the molecule is O=S(=O)(O)C(F)CCC12CC3CC(CC1C3)C2. The fraction of sp³-hybridized carbons (Fsp3) is 1.00. The lowest BCUT2D eigenvalue weighted by Crippen LogP contribution is -2.25. The Kier molecular flexibility index (Phi) is 2.57. The minimum atomic E-state index is -4.50. The molecule has 0 amide bonds. The Bertz CT molecular complexity index is 405. The normalized spacial score (nSPS) is 45.4. The highest BCUT2D eigenvalue weighted by atomic mass is 32.2. The first-order chi connectivity index (χ1) is 7.89. The molecule has 0 radical (unpaired) electrons. The quantitative estimate of drug-likeness (QED) is 0.793. The molecule has 5 heteroatoms. The Morgan fingerprint density at radius 1 is 1.24 bits per heavy atom. The fourth-order valence-corrected chi connectivity index (χ4v) is 5.34. The molecule has 0 aromatic carbocycles. The number of rotatable bonds is 4. The maximum Gasteiger partial charge on any atom is 0.297 e. The van der Waals surface area contributed by atoms with Crippen LogP contribution in [0.15, 0.2) is 0 Å². The summed E-state index contributed by atoms with van der Waals surface area (Å²) < 4.78 is 43.3. The Morgan fingerprint density at radius 3 is 2.35 bits per heavy atom. The van der Waals surface area contributed by atoms with Crippen LogP contribution >= 0.6 is 0 Å². The van der Waals surface area contributed by atoms with Crippen LogP contribution in [0.25, 0.3) is 0 Å². The van der Waals surface area contributed by atoms with Crippen molar-refractivity contribution in [1.29, 1.82) is 0 Å². The maximum absolute atomic E-state index is 13.3. The molecule has 0 aliphatic heterocycles. The molecule has 3 nitrogen and oxygen atoms in total. The van der Waals surface area contributed by atoms with Crippen molar-refractivity contribution in [2.45, 2.75) is 50.4 Å². The predicted molar refractivity (Wildman–Crippen MR) is 61.7 cm³/mol. The zero-order valence-electron chi connectivity index (χ0n) is 9.81. The second-order valence-corrected chi connectivity index (χ2v) is 7.91. The lowest BCUT2D eigenvalue weighted by atomic mass is 9.73. The van der Waals surface area contributed by atoms with Crippen LogP contribution in [0.2, 0.25) is 0 Å². The predicted octanol–water partition coefficient (Wildman–Crippen LogP) is 2.78. The van der Waals surface area contributed by atoms with E-state index in [2.05, 4.69) is 0 Å². The van der Waals surface area contributed by atoms with E-state index < -0.39 is 15.6 Å². The molecule has 1 N–H and O–H groups in total. The van der Waals surface area contributed by atoms with Crippen LogP contribution in [0.5, 0.6) is 0 Å². The third-order valence-corrected chi connectivity index (χ3v) is 6.23. The fourth-order valence-electron chi connectivity index (χ4n) is 4.92. The summed E-state index contributed by atoms with van der Waals surface area (Å²) in [5.41, 5.74) is -1.88. The number of halogens is 1. The van der Waals surface area contributed by atoms with Crippen molar-refractivity contribution in [3.63, 3.8) is 0 Å². The van der Waals surface area contributed by atoms with Gasteiger partial charge in [-0.15, -0.1) is 0 Å². The summed E-state index contributed by atoms with van der Waals surface area (Å²) in [4.78, 5) is 0. The minimum Gasteiger partial charge on any atom is -0.283 e. The van der Waals surface area contributed by atoms with Gasteiger partial charge in [-0.2, -0.15) is 8.42 Å². The molecular weight excluding hydrogens is 243 g/mol. The molecule has 4 saturated carbocycles. The molecular formula is C12H19FO3S. The van der Waals surface area contributed by atoms with E-state index in [0.29, 0.717) is 12.3 Å². The average molecular weight is 262 g/mol. The molecule has 0 heterocycles. The monoisotopic (exact) mass is 262 g/mol. The van der Waals surface area contributed by atoms with Gasteiger partial charge < -0.3 is 0 Å². The first-order valence-corrected chi connectivity index (χ1v) is 8.00. The highest BCUT2D eigenvalue weighted by Crippen LogP contribution is 2.67. The van der Waals surface area contributed by atoms with Crippen molar-refractivity contribution < 1.29 is 17.4 Å². The molecule has 4 bridgehead atoms. The van der Waals surface area contributed by atoms with Gasteiger partial charge in [0.2, 0.25) is 5.50 Å². The molecule has 0 saturated heterocycles. The van der Waals surface area contributed by atoms with Crippen LogP contribution in [-0.4, -0.2) is 18.5 Å². The summed E-state index contributed by atoms with van der Waals surface area (Å²) in [5, 5.41) is 0. The Labute approximate surface area is 102 Å². The van der Waals surface area contributed by atoms with E-state index in [1.807, 2.05) is 0 Å². The topological polar surface area (TPSA) is 54.4 Å². The van der Waals surface area contributed by atoms with Gasteiger partial charge in [0.05, 0.1) is 0 Å². The average Bonchev–Trinajstić information content (AvgIpc) is 2.59. The van der Waals surface area contributed by atoms with E-state index in [1.54, 1.807) is 0 Å². The van der Waals surface area contributed by atoms with Crippen LogP contribution in [0.3, 0.4) is 0 Å². The highest BCUT2D eigenvalue weighted by Gasteiger charge is 2.57. The largest absolute Gasteiger partial charge is 0.297 e. The van der Waals surface area contributed by atoms with Crippen LogP contribution < -0.4 is 0 Å². The third kappa shape index (κ3) is 1.91. The van der Waals surface area contributed by atoms with Gasteiger partial charge in [0.25, 0.3) is 10.1 Å². The first-order valence-electron chi connectivity index (χ1n) is 6.49. The minimum absolute atomic E-state index is 0.0330. The van der Waals surface area contributed by atoms with Crippen LogP contribution in [0, 0.1) is 23.2 Å². The molecule has 0 aromatic rings. The summed E-state index contributed by atoms with van der Waals surface area (Å²) in [5.74, 6) is 2.30. The van der Waals surface area contributed by atoms with E-state index in [1.165, 1.54) is 19.3 Å². The summed E-state index contributed by atoms with van der Waals surface area (Å²) >= 11 is 0. The standard InChI is InChI=1S/C12H19FO3S/c13-11(17(14,15)16)1-2-12-6-8-3-9(7-12)5-10(12)4-8/h8-11H,1-7H2,(H,14,15,16). The molecule has 4 fully saturated rings. The first kappa shape index (κ1) is 11.9. The summed E-state index contributed by atoms with van der Waals surface area (Å²) in [6.07, 6.45) is 6.77. The lowest BCUT2D eigenvalue weighted by molar-refractivity contribution is 0.169. The van der Waals surface area contributed by atoms with Crippen molar-refractivity contribution in [2.75, 3.05) is 0 Å². The Morgan fingerprint density at radius 2 is 1.82 bits per heavy atom. The second kappa shape index (κ2) is 3.67. The van der Waals surface area contributed by atoms with Gasteiger partial charge in [0, 0.05) is 0 Å². The van der Waals surface area contributed by atoms with E-state index in [0.717, 1.165) is 24.7 Å². The summed E-state index contributed by atoms with van der Waals surface area (Å²) in [6, 6.07) is 0. The molecule has 4 aliphatic rings. The molecule has 4 aliphatic carbocycles. The van der Waals surface area contributed by atoms with E-state index >= 15 is 0 Å². The highest BCUT2D eigenvalue weighted by molar-refractivity contribution is 7.86. The molecule has 17 heavy (non-hydrogen) atoms. The van der Waals surface area contributed by atoms with Crippen molar-refractivity contribution in [1.82, 2.24) is 0 Å². The smallest absolute Gasteiger partial charge is 0.283 e. The third-order valence-electron chi connectivity index (χ3n) is 5.35. The van der Waals surface area contributed by atoms with Crippen molar-refractivity contribution in [3.8, 4) is 0 Å². The molecule has 0 spiro atoms. The molecule has 3 unspecified atom stereocenters. The van der Waals surface area contributed by atoms with Gasteiger partial charge in [-0.05, 0) is 68.1 Å². The van der Waals surface area contributed by atoms with E-state index in [9.17, 15) is 12.8 Å². The lowest BCUT2D eigenvalue weighted by Gasteiger charge is -2.33. The van der Waals surface area contributed by atoms with Gasteiger partial charge in [0.15, 0.2) is 0 Å². The van der Waals surface area contributed by atoms with E-state index in [-0.39, 0.29) is 11.8 Å². The summed E-state index contributed by atoms with van der Waals surface area (Å²) in [7, 11) is -4.50. The van der Waals surface area contributed by atoms with Crippen LogP contribution in [-0.2, 0) is 10.1 Å². The molecule has 3 atom stereocenters. The van der Waals surface area contributed by atoms with Crippen molar-refractivity contribution >= 4 is 10.1 Å². The van der Waals surface area contributed by atoms with Gasteiger partial charge in [0.1, 0.15) is 0 Å². The maximum atomic E-state index is 13.3. The van der Waals surface area contributed by atoms with Crippen LogP contribution in [0.4, 0.5) is 4.39 Å². The van der Waals surface area contributed by atoms with E-state index in [4.69, 9.17) is 4.55 Å². The van der Waals surface area contributed by atoms with Gasteiger partial charge >= 0.3 is 0 Å². The Hall–Kier alpha value is -0.160. The second-order valence-electron chi connectivity index (χ2n) is 6.37. The van der Waals surface area contributed by atoms with Crippen molar-refractivity contribution in [2.24, 2.45) is 23.2 Å². The number of hydrogen-bond donors (Lipinski definition) is 1. The van der Waals surface area contributed by atoms with Gasteiger partial charge in [-0.25, -0.2) is 4.39 Å². The van der Waals surface area contributed by atoms with Gasteiger partial charge in [-0.3, -0.25) is 4.55 Å². The van der Waals surface area contributed by atoms with Gasteiger partial charge in [-0.1, -0.05) is 0 Å². The number of alkyl halides is 1. The Balaban J connectivity index is 1.67. The zero-order valence-corrected chi connectivity index (χ0v) is 10.6. The molecule has 98 valence electrons. The zero-order chi connectivity index (χ0) is 12.3. The number of hydrogen-bond acceptors (Lipinski definition) is 2. The summed E-state index contributed by atoms with van der Waals surface area (Å²) in [6.45, 7) is 0.